The van der Waals surface area contributed by atoms with Gasteiger partial charge in [-0.05, 0) is 38.5 Å². The van der Waals surface area contributed by atoms with Gasteiger partial charge in [0.05, 0.1) is 5.69 Å². The molecule has 5 nitrogen and oxygen atoms in total. The summed E-state index contributed by atoms with van der Waals surface area (Å²) >= 11 is 6.06. The summed E-state index contributed by atoms with van der Waals surface area (Å²) in [5.41, 5.74) is -0.343. The highest BCUT2D eigenvalue weighted by atomic mass is 35.5. The first-order valence-electron chi connectivity index (χ1n) is 8.92. The molecule has 25 heavy (non-hydrogen) atoms. The number of unbranched alkanes of at least 4 members (excludes halogenated alkanes) is 3. The molecule has 0 aromatic heterocycles. The van der Waals surface area contributed by atoms with Gasteiger partial charge in [-0.25, -0.2) is 0 Å². The third-order valence-electron chi connectivity index (χ3n) is 4.25. The molecule has 138 valence electrons. The molecule has 0 atom stereocenters. The van der Waals surface area contributed by atoms with Crippen LogP contribution in [0.25, 0.3) is 0 Å². The van der Waals surface area contributed by atoms with E-state index in [9.17, 15) is 9.59 Å². The van der Waals surface area contributed by atoms with Gasteiger partial charge in [0.15, 0.2) is 5.60 Å². The number of halogens is 1. The zero-order valence-electron chi connectivity index (χ0n) is 15.2. The first-order valence-corrected chi connectivity index (χ1v) is 9.30. The SMILES string of the molecule is CCCCCCNC(=O)CCN1C(=O)C(C)(C)Oc2ccc(Cl)cc21. The molecule has 2 rings (SSSR count). The average molecular weight is 367 g/mol. The van der Waals surface area contributed by atoms with Crippen LogP contribution in [0.1, 0.15) is 52.9 Å². The van der Waals surface area contributed by atoms with Crippen LogP contribution in [-0.2, 0) is 9.59 Å². The molecular weight excluding hydrogens is 340 g/mol. The van der Waals surface area contributed by atoms with Crippen molar-refractivity contribution >= 4 is 29.1 Å². The van der Waals surface area contributed by atoms with E-state index in [1.807, 2.05) is 0 Å². The van der Waals surface area contributed by atoms with E-state index < -0.39 is 5.60 Å². The van der Waals surface area contributed by atoms with Crippen LogP contribution in [0.5, 0.6) is 5.75 Å². The second kappa shape index (κ2) is 8.56. The Hall–Kier alpha value is -1.75. The van der Waals surface area contributed by atoms with Crippen molar-refractivity contribution in [3.8, 4) is 5.75 Å². The Bertz CT molecular complexity index is 631. The molecule has 1 aromatic carbocycles. The summed E-state index contributed by atoms with van der Waals surface area (Å²) in [6.07, 6.45) is 4.72. The summed E-state index contributed by atoms with van der Waals surface area (Å²) in [5, 5.41) is 3.45. The lowest BCUT2D eigenvalue weighted by atomic mass is 10.0. The molecule has 1 heterocycles. The highest BCUT2D eigenvalue weighted by Crippen LogP contribution is 2.39. The van der Waals surface area contributed by atoms with Crippen molar-refractivity contribution in [3.05, 3.63) is 23.2 Å². The van der Waals surface area contributed by atoms with Gasteiger partial charge in [0.2, 0.25) is 5.91 Å². The number of hydrogen-bond acceptors (Lipinski definition) is 3. The molecule has 0 fully saturated rings. The number of ether oxygens (including phenoxy) is 1. The lowest BCUT2D eigenvalue weighted by Crippen LogP contribution is -2.53. The predicted molar refractivity (Wildman–Crippen MR) is 100 cm³/mol. The zero-order valence-corrected chi connectivity index (χ0v) is 16.0. The zero-order chi connectivity index (χ0) is 18.4. The van der Waals surface area contributed by atoms with E-state index in [0.29, 0.717) is 29.5 Å². The van der Waals surface area contributed by atoms with Crippen molar-refractivity contribution in [2.45, 2.75) is 58.5 Å². The lowest BCUT2D eigenvalue weighted by Gasteiger charge is -2.38. The minimum Gasteiger partial charge on any atom is -0.476 e. The van der Waals surface area contributed by atoms with Gasteiger partial charge >= 0.3 is 0 Å². The van der Waals surface area contributed by atoms with Gasteiger partial charge in [0, 0.05) is 24.5 Å². The van der Waals surface area contributed by atoms with E-state index in [-0.39, 0.29) is 18.2 Å². The summed E-state index contributed by atoms with van der Waals surface area (Å²) in [7, 11) is 0. The van der Waals surface area contributed by atoms with E-state index in [1.54, 1.807) is 36.9 Å². The number of fused-ring (bicyclic) bond motifs is 1. The van der Waals surface area contributed by atoms with E-state index >= 15 is 0 Å². The van der Waals surface area contributed by atoms with Crippen molar-refractivity contribution in [2.75, 3.05) is 18.0 Å². The third kappa shape index (κ3) is 5.11. The molecule has 1 aliphatic heterocycles. The Morgan fingerprint density at radius 3 is 2.76 bits per heavy atom. The van der Waals surface area contributed by atoms with E-state index in [0.717, 1.165) is 12.8 Å². The Labute approximate surface area is 154 Å². The van der Waals surface area contributed by atoms with E-state index in [2.05, 4.69) is 12.2 Å². The van der Waals surface area contributed by atoms with Gasteiger partial charge in [0.25, 0.3) is 5.91 Å². The summed E-state index contributed by atoms with van der Waals surface area (Å²) < 4.78 is 5.78. The fraction of sp³-hybridized carbons (Fsp3) is 0.579. The van der Waals surface area contributed by atoms with E-state index in [4.69, 9.17) is 16.3 Å². The molecule has 6 heteroatoms. The molecule has 0 saturated heterocycles. The minimum absolute atomic E-state index is 0.0443. The van der Waals surface area contributed by atoms with Crippen molar-refractivity contribution in [2.24, 2.45) is 0 Å². The molecular formula is C19H27ClN2O3. The Balaban J connectivity index is 1.97. The van der Waals surface area contributed by atoms with Crippen LogP contribution in [0.4, 0.5) is 5.69 Å². The number of carbonyl (C=O) groups excluding carboxylic acids is 2. The molecule has 0 bridgehead atoms. The van der Waals surface area contributed by atoms with Crippen molar-refractivity contribution < 1.29 is 14.3 Å². The van der Waals surface area contributed by atoms with Gasteiger partial charge in [-0.15, -0.1) is 0 Å². The average Bonchev–Trinajstić information content (AvgIpc) is 2.56. The number of amides is 2. The molecule has 0 saturated carbocycles. The second-order valence-corrected chi connectivity index (χ2v) is 7.28. The summed E-state index contributed by atoms with van der Waals surface area (Å²) in [5.74, 6) is 0.393. The van der Waals surface area contributed by atoms with Gasteiger partial charge < -0.3 is 15.0 Å². The maximum Gasteiger partial charge on any atom is 0.270 e. The smallest absolute Gasteiger partial charge is 0.270 e. The monoisotopic (exact) mass is 366 g/mol. The molecule has 0 unspecified atom stereocenters. The van der Waals surface area contributed by atoms with Crippen LogP contribution in [0.3, 0.4) is 0 Å². The highest BCUT2D eigenvalue weighted by Gasteiger charge is 2.40. The number of benzene rings is 1. The maximum atomic E-state index is 12.7. The number of nitrogens with one attached hydrogen (secondary N) is 1. The lowest BCUT2D eigenvalue weighted by molar-refractivity contribution is -0.132. The molecule has 0 aliphatic carbocycles. The Kier molecular flexibility index (Phi) is 6.71. The summed E-state index contributed by atoms with van der Waals surface area (Å²) in [6, 6.07) is 5.19. The minimum atomic E-state index is -0.961. The van der Waals surface area contributed by atoms with Crippen LogP contribution in [0.2, 0.25) is 5.02 Å². The van der Waals surface area contributed by atoms with Crippen molar-refractivity contribution in [3.63, 3.8) is 0 Å². The predicted octanol–water partition coefficient (Wildman–Crippen LogP) is 3.93. The van der Waals surface area contributed by atoms with Crippen molar-refractivity contribution in [1.29, 1.82) is 0 Å². The van der Waals surface area contributed by atoms with Crippen LogP contribution in [0.15, 0.2) is 18.2 Å². The van der Waals surface area contributed by atoms with Gasteiger partial charge in [-0.1, -0.05) is 37.8 Å². The molecule has 1 aromatic rings. The van der Waals surface area contributed by atoms with Crippen LogP contribution >= 0.6 is 11.6 Å². The van der Waals surface area contributed by atoms with Crippen molar-refractivity contribution in [1.82, 2.24) is 5.32 Å². The fourth-order valence-electron chi connectivity index (χ4n) is 2.84. The number of carbonyl (C=O) groups is 2. The standard InChI is InChI=1S/C19H27ClN2O3/c1-4-5-6-7-11-21-17(23)10-12-22-15-13-14(20)8-9-16(15)25-19(2,3)18(22)24/h8-9,13H,4-7,10-12H2,1-3H3,(H,21,23). The molecule has 1 N–H and O–H groups in total. The topological polar surface area (TPSA) is 58.6 Å². The fourth-order valence-corrected chi connectivity index (χ4v) is 3.01. The van der Waals surface area contributed by atoms with Crippen LogP contribution in [-0.4, -0.2) is 30.5 Å². The number of rotatable bonds is 8. The van der Waals surface area contributed by atoms with Gasteiger partial charge in [-0.3, -0.25) is 9.59 Å². The normalized spacial score (nSPS) is 15.5. The first kappa shape index (κ1) is 19.6. The van der Waals surface area contributed by atoms with Crippen LogP contribution < -0.4 is 15.0 Å². The van der Waals surface area contributed by atoms with Gasteiger partial charge in [-0.2, -0.15) is 0 Å². The first-order chi connectivity index (χ1) is 11.8. The molecule has 2 amide bonds. The number of hydrogen-bond donors (Lipinski definition) is 1. The summed E-state index contributed by atoms with van der Waals surface area (Å²) in [6.45, 7) is 6.61. The Morgan fingerprint density at radius 1 is 1.28 bits per heavy atom. The largest absolute Gasteiger partial charge is 0.476 e. The quantitative estimate of drug-likeness (QED) is 0.709. The van der Waals surface area contributed by atoms with Gasteiger partial charge in [0.1, 0.15) is 5.75 Å². The third-order valence-corrected chi connectivity index (χ3v) is 4.49. The molecule has 0 spiro atoms. The number of anilines is 1. The summed E-state index contributed by atoms with van der Waals surface area (Å²) in [4.78, 5) is 26.3. The maximum absolute atomic E-state index is 12.7. The second-order valence-electron chi connectivity index (χ2n) is 6.84. The Morgan fingerprint density at radius 2 is 2.04 bits per heavy atom. The molecule has 0 radical (unpaired) electrons. The highest BCUT2D eigenvalue weighted by molar-refractivity contribution is 6.31. The van der Waals surface area contributed by atoms with Crippen LogP contribution in [0, 0.1) is 0 Å². The van der Waals surface area contributed by atoms with E-state index in [1.165, 1.54) is 12.8 Å². The number of nitrogens with zero attached hydrogens (tertiary/aromatic N) is 1. The molecule has 1 aliphatic rings.